The predicted octanol–water partition coefficient (Wildman–Crippen LogP) is 3.17. The first-order chi connectivity index (χ1) is 9.99. The minimum atomic E-state index is -0.712. The number of hydrogen-bond donors (Lipinski definition) is 1. The Hall–Kier alpha value is -2.14. The molecule has 1 atom stereocenters. The van der Waals surface area contributed by atoms with E-state index in [1.54, 1.807) is 26.2 Å². The maximum atomic E-state index is 13.9. The highest BCUT2D eigenvalue weighted by Crippen LogP contribution is 2.23. The fourth-order valence-electron chi connectivity index (χ4n) is 1.94. The third-order valence-electron chi connectivity index (χ3n) is 3.03. The molecule has 0 saturated carbocycles. The van der Waals surface area contributed by atoms with Gasteiger partial charge in [0.25, 0.3) is 0 Å². The molecular formula is C16H18FNO3. The van der Waals surface area contributed by atoms with Crippen molar-refractivity contribution in [3.8, 4) is 11.5 Å². The zero-order valence-corrected chi connectivity index (χ0v) is 12.3. The summed E-state index contributed by atoms with van der Waals surface area (Å²) < 4.78 is 24.5. The molecule has 0 amide bonds. The Kier molecular flexibility index (Phi) is 4.75. The van der Waals surface area contributed by atoms with Crippen LogP contribution in [0, 0.1) is 12.7 Å². The lowest BCUT2D eigenvalue weighted by Gasteiger charge is -2.11. The van der Waals surface area contributed by atoms with Gasteiger partial charge in [0.15, 0.2) is 11.6 Å². The van der Waals surface area contributed by atoms with Crippen LogP contribution in [0.1, 0.15) is 30.0 Å². The Bertz CT molecular complexity index is 629. The molecule has 112 valence electrons. The van der Waals surface area contributed by atoms with Crippen LogP contribution in [-0.4, -0.2) is 17.2 Å². The number of halogens is 1. The Morgan fingerprint density at radius 3 is 2.67 bits per heavy atom. The van der Waals surface area contributed by atoms with Crippen LogP contribution in [0.2, 0.25) is 0 Å². The van der Waals surface area contributed by atoms with Gasteiger partial charge in [-0.2, -0.15) is 0 Å². The van der Waals surface area contributed by atoms with Crippen LogP contribution < -0.4 is 9.47 Å². The van der Waals surface area contributed by atoms with Gasteiger partial charge in [-0.05, 0) is 31.5 Å². The molecule has 0 radical (unpaired) electrons. The molecule has 5 heteroatoms. The third kappa shape index (κ3) is 3.92. The lowest BCUT2D eigenvalue weighted by Crippen LogP contribution is -2.02. The highest BCUT2D eigenvalue weighted by Gasteiger charge is 2.09. The van der Waals surface area contributed by atoms with E-state index in [1.807, 2.05) is 13.0 Å². The number of ether oxygens (including phenoxy) is 2. The number of nitrogens with zero attached hydrogens (tertiary/aromatic N) is 1. The van der Waals surface area contributed by atoms with Crippen LogP contribution in [0.5, 0.6) is 11.5 Å². The van der Waals surface area contributed by atoms with Crippen molar-refractivity contribution in [3.05, 3.63) is 53.1 Å². The molecule has 1 N–H and O–H groups in total. The summed E-state index contributed by atoms with van der Waals surface area (Å²) in [5, 5.41) is 9.40. The average Bonchev–Trinajstić information content (AvgIpc) is 2.45. The van der Waals surface area contributed by atoms with Gasteiger partial charge < -0.3 is 14.6 Å². The van der Waals surface area contributed by atoms with Gasteiger partial charge in [0.05, 0.1) is 18.9 Å². The first-order valence-corrected chi connectivity index (χ1v) is 6.61. The molecular weight excluding hydrogens is 273 g/mol. The van der Waals surface area contributed by atoms with Gasteiger partial charge in [-0.3, -0.25) is 4.98 Å². The monoisotopic (exact) mass is 291 g/mol. The first kappa shape index (κ1) is 15.3. The van der Waals surface area contributed by atoms with E-state index in [-0.39, 0.29) is 12.4 Å². The normalized spacial score (nSPS) is 12.0. The Morgan fingerprint density at radius 2 is 2.05 bits per heavy atom. The fourth-order valence-corrected chi connectivity index (χ4v) is 1.94. The zero-order valence-electron chi connectivity index (χ0n) is 12.3. The maximum Gasteiger partial charge on any atom is 0.165 e. The highest BCUT2D eigenvalue weighted by molar-refractivity contribution is 5.31. The number of rotatable bonds is 5. The minimum absolute atomic E-state index is 0.127. The van der Waals surface area contributed by atoms with Gasteiger partial charge in [0.2, 0.25) is 0 Å². The molecule has 2 aromatic rings. The van der Waals surface area contributed by atoms with Crippen molar-refractivity contribution in [1.82, 2.24) is 4.98 Å². The van der Waals surface area contributed by atoms with Gasteiger partial charge in [-0.25, -0.2) is 4.39 Å². The lowest BCUT2D eigenvalue weighted by atomic mass is 10.1. The van der Waals surface area contributed by atoms with Crippen molar-refractivity contribution in [2.75, 3.05) is 7.11 Å². The summed E-state index contributed by atoms with van der Waals surface area (Å²) >= 11 is 0. The third-order valence-corrected chi connectivity index (χ3v) is 3.03. The van der Waals surface area contributed by atoms with Crippen LogP contribution in [0.15, 0.2) is 30.3 Å². The number of benzene rings is 1. The summed E-state index contributed by atoms with van der Waals surface area (Å²) in [6.45, 7) is 3.57. The van der Waals surface area contributed by atoms with E-state index in [1.165, 1.54) is 12.1 Å². The van der Waals surface area contributed by atoms with E-state index in [2.05, 4.69) is 4.98 Å². The summed E-state index contributed by atoms with van der Waals surface area (Å²) in [6, 6.07) is 7.96. The van der Waals surface area contributed by atoms with E-state index in [4.69, 9.17) is 9.47 Å². The smallest absolute Gasteiger partial charge is 0.165 e. The Morgan fingerprint density at radius 1 is 1.29 bits per heavy atom. The molecule has 1 aromatic carbocycles. The van der Waals surface area contributed by atoms with E-state index in [9.17, 15) is 9.50 Å². The quantitative estimate of drug-likeness (QED) is 0.919. The average molecular weight is 291 g/mol. The van der Waals surface area contributed by atoms with Crippen LogP contribution >= 0.6 is 0 Å². The molecule has 0 aliphatic heterocycles. The number of hydrogen-bond acceptors (Lipinski definition) is 4. The number of aryl methyl sites for hydroxylation is 1. The van der Waals surface area contributed by atoms with Crippen molar-refractivity contribution in [2.24, 2.45) is 0 Å². The number of pyridine rings is 1. The standard InChI is InChI=1S/C16H18FNO3/c1-10-6-14(20-3)8-13(18-10)9-21-16-5-4-12(11(2)19)7-15(16)17/h4-8,11,19H,9H2,1-3H3/t11-/m0/s1. The van der Waals surface area contributed by atoms with Crippen molar-refractivity contribution in [1.29, 1.82) is 0 Å². The van der Waals surface area contributed by atoms with Gasteiger partial charge in [0, 0.05) is 17.8 Å². The van der Waals surface area contributed by atoms with Crippen LogP contribution in [0.25, 0.3) is 0 Å². The summed E-state index contributed by atoms with van der Waals surface area (Å²) in [4.78, 5) is 4.30. The molecule has 0 bridgehead atoms. The first-order valence-electron chi connectivity index (χ1n) is 6.61. The second-order valence-electron chi connectivity index (χ2n) is 4.79. The summed E-state index contributed by atoms with van der Waals surface area (Å²) in [7, 11) is 1.58. The van der Waals surface area contributed by atoms with Gasteiger partial charge >= 0.3 is 0 Å². The second-order valence-corrected chi connectivity index (χ2v) is 4.79. The van der Waals surface area contributed by atoms with Crippen molar-refractivity contribution in [3.63, 3.8) is 0 Å². The fraction of sp³-hybridized carbons (Fsp3) is 0.312. The van der Waals surface area contributed by atoms with E-state index in [0.717, 1.165) is 5.69 Å². The molecule has 2 rings (SSSR count). The summed E-state index contributed by atoms with van der Waals surface area (Å²) in [5.41, 5.74) is 1.97. The molecule has 0 spiro atoms. The van der Waals surface area contributed by atoms with E-state index < -0.39 is 11.9 Å². The van der Waals surface area contributed by atoms with Crippen LogP contribution in [0.4, 0.5) is 4.39 Å². The molecule has 0 saturated heterocycles. The highest BCUT2D eigenvalue weighted by atomic mass is 19.1. The molecule has 4 nitrogen and oxygen atoms in total. The van der Waals surface area contributed by atoms with E-state index in [0.29, 0.717) is 17.0 Å². The molecule has 1 aromatic heterocycles. The number of aliphatic hydroxyl groups excluding tert-OH is 1. The van der Waals surface area contributed by atoms with Crippen LogP contribution in [0.3, 0.4) is 0 Å². The zero-order chi connectivity index (χ0) is 15.4. The molecule has 21 heavy (non-hydrogen) atoms. The van der Waals surface area contributed by atoms with Crippen molar-refractivity contribution in [2.45, 2.75) is 26.6 Å². The maximum absolute atomic E-state index is 13.9. The second kappa shape index (κ2) is 6.54. The molecule has 0 aliphatic rings. The minimum Gasteiger partial charge on any atom is -0.497 e. The lowest BCUT2D eigenvalue weighted by molar-refractivity contribution is 0.198. The summed E-state index contributed by atoms with van der Waals surface area (Å²) in [5.74, 6) is 0.306. The Labute approximate surface area is 123 Å². The van der Waals surface area contributed by atoms with Gasteiger partial charge in [-0.1, -0.05) is 6.07 Å². The summed E-state index contributed by atoms with van der Waals surface area (Å²) in [6.07, 6.45) is -0.712. The molecule has 0 aliphatic carbocycles. The topological polar surface area (TPSA) is 51.6 Å². The molecule has 0 unspecified atom stereocenters. The Balaban J connectivity index is 2.11. The van der Waals surface area contributed by atoms with Crippen LogP contribution in [-0.2, 0) is 6.61 Å². The molecule has 0 fully saturated rings. The SMILES string of the molecule is COc1cc(C)nc(COc2ccc([C@H](C)O)cc2F)c1. The largest absolute Gasteiger partial charge is 0.497 e. The number of aliphatic hydroxyl groups is 1. The molecule has 1 heterocycles. The van der Waals surface area contributed by atoms with Gasteiger partial charge in [-0.15, -0.1) is 0 Å². The predicted molar refractivity (Wildman–Crippen MR) is 76.9 cm³/mol. The van der Waals surface area contributed by atoms with Crippen molar-refractivity contribution < 1.29 is 19.0 Å². The van der Waals surface area contributed by atoms with E-state index >= 15 is 0 Å². The number of aromatic nitrogens is 1. The number of methoxy groups -OCH3 is 1. The van der Waals surface area contributed by atoms with Gasteiger partial charge in [0.1, 0.15) is 12.4 Å². The van der Waals surface area contributed by atoms with Crippen molar-refractivity contribution >= 4 is 0 Å².